The van der Waals surface area contributed by atoms with E-state index in [0.717, 1.165) is 0 Å². The number of carbonyl (C=O) groups is 1. The van der Waals surface area contributed by atoms with Crippen molar-refractivity contribution in [3.05, 3.63) is 51.6 Å². The molecular weight excluding hydrogens is 420 g/mol. The predicted molar refractivity (Wildman–Crippen MR) is 99.2 cm³/mol. The van der Waals surface area contributed by atoms with E-state index in [9.17, 15) is 4.79 Å². The highest BCUT2D eigenvalue weighted by atomic mass is 79.9. The lowest BCUT2D eigenvalue weighted by atomic mass is 10.2. The molecule has 0 N–H and O–H groups in total. The summed E-state index contributed by atoms with van der Waals surface area (Å²) in [6, 6.07) is 8.73. The van der Waals surface area contributed by atoms with Gasteiger partial charge in [-0.2, -0.15) is 5.26 Å². The van der Waals surface area contributed by atoms with E-state index in [2.05, 4.69) is 20.9 Å². The third-order valence-electron chi connectivity index (χ3n) is 3.26. The minimum absolute atomic E-state index is 0.00914. The fourth-order valence-electron chi connectivity index (χ4n) is 2.19. The molecule has 0 saturated carbocycles. The van der Waals surface area contributed by atoms with Crippen molar-refractivity contribution < 1.29 is 18.7 Å². The molecule has 0 aliphatic carbocycles. The van der Waals surface area contributed by atoms with Crippen molar-refractivity contribution in [1.82, 2.24) is 4.98 Å². The van der Waals surface area contributed by atoms with Gasteiger partial charge in [0, 0.05) is 11.4 Å². The smallest absolute Gasteiger partial charge is 0.317 e. The summed E-state index contributed by atoms with van der Waals surface area (Å²) in [5.41, 5.74) is 0.997. The van der Waals surface area contributed by atoms with Crippen molar-refractivity contribution in [3.63, 3.8) is 0 Å². The Morgan fingerprint density at radius 1 is 1.46 bits per heavy atom. The molecule has 8 heteroatoms. The average Bonchev–Trinajstić information content (AvgIpc) is 3.29. The van der Waals surface area contributed by atoms with Crippen molar-refractivity contribution in [2.75, 3.05) is 6.61 Å². The summed E-state index contributed by atoms with van der Waals surface area (Å²) in [6.07, 6.45) is 1.58. The molecule has 2 aromatic heterocycles. The summed E-state index contributed by atoms with van der Waals surface area (Å²) in [4.78, 5) is 16.7. The highest BCUT2D eigenvalue weighted by Gasteiger charge is 2.18. The first kappa shape index (κ1) is 18.2. The van der Waals surface area contributed by atoms with Crippen molar-refractivity contribution >= 4 is 33.2 Å². The van der Waals surface area contributed by atoms with Crippen LogP contribution in [0.15, 0.2) is 44.8 Å². The molecule has 26 heavy (non-hydrogen) atoms. The van der Waals surface area contributed by atoms with Crippen LogP contribution in [0.25, 0.3) is 10.8 Å². The largest absolute Gasteiger partial charge is 0.490 e. The number of benzene rings is 1. The topological polar surface area (TPSA) is 85.4 Å². The van der Waals surface area contributed by atoms with Crippen LogP contribution in [0.1, 0.15) is 18.2 Å². The Morgan fingerprint density at radius 2 is 2.31 bits per heavy atom. The zero-order valence-electron chi connectivity index (χ0n) is 13.7. The second kappa shape index (κ2) is 8.17. The number of esters is 1. The fourth-order valence-corrected chi connectivity index (χ4v) is 3.50. The SMILES string of the molecule is CCOc1cc(C#N)cc(Br)c1OC(=O)Cc1csc(-c2ccco2)n1. The molecule has 6 nitrogen and oxygen atoms in total. The van der Waals surface area contributed by atoms with Crippen LogP contribution in [0.3, 0.4) is 0 Å². The molecule has 0 unspecified atom stereocenters. The summed E-state index contributed by atoms with van der Waals surface area (Å²) in [5.74, 6) is 0.759. The Labute approximate surface area is 162 Å². The summed E-state index contributed by atoms with van der Waals surface area (Å²) >= 11 is 4.71. The minimum Gasteiger partial charge on any atom is -0.490 e. The van der Waals surface area contributed by atoms with Gasteiger partial charge in [-0.25, -0.2) is 4.98 Å². The monoisotopic (exact) mass is 432 g/mol. The Bertz CT molecular complexity index is 960. The fraction of sp³-hybridized carbons (Fsp3) is 0.167. The predicted octanol–water partition coefficient (Wildman–Crippen LogP) is 4.58. The number of nitriles is 1. The summed E-state index contributed by atoms with van der Waals surface area (Å²) in [7, 11) is 0. The van der Waals surface area contributed by atoms with Crippen LogP contribution < -0.4 is 9.47 Å². The van der Waals surface area contributed by atoms with Gasteiger partial charge in [0.05, 0.1) is 41.1 Å². The summed E-state index contributed by atoms with van der Waals surface area (Å²) in [5, 5.41) is 11.5. The van der Waals surface area contributed by atoms with Gasteiger partial charge in [-0.05, 0) is 41.1 Å². The first-order chi connectivity index (χ1) is 12.6. The lowest BCUT2D eigenvalue weighted by Crippen LogP contribution is -2.13. The Kier molecular flexibility index (Phi) is 5.71. The van der Waals surface area contributed by atoms with Gasteiger partial charge in [-0.15, -0.1) is 11.3 Å². The second-order valence-electron chi connectivity index (χ2n) is 5.10. The number of furan rings is 1. The highest BCUT2D eigenvalue weighted by Crippen LogP contribution is 2.37. The molecule has 1 aromatic carbocycles. The van der Waals surface area contributed by atoms with E-state index in [-0.39, 0.29) is 12.2 Å². The summed E-state index contributed by atoms with van der Waals surface area (Å²) in [6.45, 7) is 2.19. The number of rotatable bonds is 6. The van der Waals surface area contributed by atoms with Crippen molar-refractivity contribution in [2.24, 2.45) is 0 Å². The minimum atomic E-state index is -0.479. The van der Waals surface area contributed by atoms with E-state index in [1.807, 2.05) is 19.1 Å². The van der Waals surface area contributed by atoms with Gasteiger partial charge < -0.3 is 13.9 Å². The molecule has 2 heterocycles. The molecule has 0 radical (unpaired) electrons. The molecule has 0 fully saturated rings. The molecule has 3 rings (SSSR count). The number of nitrogens with zero attached hydrogens (tertiary/aromatic N) is 2. The molecule has 0 saturated heterocycles. The van der Waals surface area contributed by atoms with E-state index in [1.54, 1.807) is 23.8 Å². The lowest BCUT2D eigenvalue weighted by molar-refractivity contribution is -0.133. The van der Waals surface area contributed by atoms with Crippen LogP contribution in [0.2, 0.25) is 0 Å². The average molecular weight is 433 g/mol. The molecular formula is C18H13BrN2O4S. The van der Waals surface area contributed by atoms with Crippen molar-refractivity contribution in [3.8, 4) is 28.3 Å². The maximum absolute atomic E-state index is 12.3. The first-order valence-electron chi connectivity index (χ1n) is 7.66. The zero-order valence-corrected chi connectivity index (χ0v) is 16.1. The van der Waals surface area contributed by atoms with Crippen molar-refractivity contribution in [2.45, 2.75) is 13.3 Å². The second-order valence-corrected chi connectivity index (χ2v) is 6.81. The lowest BCUT2D eigenvalue weighted by Gasteiger charge is -2.12. The number of aromatic nitrogens is 1. The highest BCUT2D eigenvalue weighted by molar-refractivity contribution is 9.10. The third-order valence-corrected chi connectivity index (χ3v) is 4.76. The van der Waals surface area contributed by atoms with Gasteiger partial charge >= 0.3 is 5.97 Å². The zero-order chi connectivity index (χ0) is 18.5. The van der Waals surface area contributed by atoms with Gasteiger partial charge in [-0.3, -0.25) is 4.79 Å². The van der Waals surface area contributed by atoms with Crippen LogP contribution in [0.4, 0.5) is 0 Å². The van der Waals surface area contributed by atoms with E-state index < -0.39 is 5.97 Å². The Morgan fingerprint density at radius 3 is 3.00 bits per heavy atom. The van der Waals surface area contributed by atoms with Gasteiger partial charge in [0.15, 0.2) is 22.3 Å². The van der Waals surface area contributed by atoms with Crippen LogP contribution >= 0.6 is 27.3 Å². The van der Waals surface area contributed by atoms with E-state index in [1.165, 1.54) is 17.4 Å². The molecule has 3 aromatic rings. The molecule has 0 aliphatic heterocycles. The van der Waals surface area contributed by atoms with Crippen LogP contribution in [-0.2, 0) is 11.2 Å². The van der Waals surface area contributed by atoms with Gasteiger partial charge in [-0.1, -0.05) is 0 Å². The van der Waals surface area contributed by atoms with Gasteiger partial charge in [0.25, 0.3) is 0 Å². The summed E-state index contributed by atoms with van der Waals surface area (Å²) < 4.78 is 16.7. The van der Waals surface area contributed by atoms with Crippen LogP contribution in [-0.4, -0.2) is 17.6 Å². The number of ether oxygens (including phenoxy) is 2. The first-order valence-corrected chi connectivity index (χ1v) is 9.33. The third kappa shape index (κ3) is 4.12. The van der Waals surface area contributed by atoms with Crippen molar-refractivity contribution in [1.29, 1.82) is 5.26 Å². The quantitative estimate of drug-likeness (QED) is 0.418. The maximum atomic E-state index is 12.3. The number of halogens is 1. The Balaban J connectivity index is 1.75. The van der Waals surface area contributed by atoms with Crippen LogP contribution in [0.5, 0.6) is 11.5 Å². The van der Waals surface area contributed by atoms with E-state index >= 15 is 0 Å². The number of hydrogen-bond donors (Lipinski definition) is 0. The Hall–Kier alpha value is -2.63. The molecule has 0 aliphatic rings. The number of hydrogen-bond acceptors (Lipinski definition) is 7. The van der Waals surface area contributed by atoms with E-state index in [4.69, 9.17) is 19.2 Å². The molecule has 132 valence electrons. The molecule has 0 atom stereocenters. The number of thiazole rings is 1. The molecule has 0 bridgehead atoms. The van der Waals surface area contributed by atoms with E-state index in [0.29, 0.717) is 38.9 Å². The number of carbonyl (C=O) groups excluding carboxylic acids is 1. The standard InChI is InChI=1S/C18H13BrN2O4S/c1-2-23-15-7-11(9-20)6-13(19)17(15)25-16(22)8-12-10-26-18(21-12)14-4-3-5-24-14/h3-7,10H,2,8H2,1H3. The normalized spacial score (nSPS) is 10.3. The van der Waals surface area contributed by atoms with Gasteiger partial charge in [0.1, 0.15) is 0 Å². The van der Waals surface area contributed by atoms with Crippen LogP contribution in [0, 0.1) is 11.3 Å². The maximum Gasteiger partial charge on any atom is 0.317 e. The molecule has 0 spiro atoms. The van der Waals surface area contributed by atoms with Gasteiger partial charge in [0.2, 0.25) is 0 Å². The molecule has 0 amide bonds.